The number of aliphatic hydroxyl groups is 1. The van der Waals surface area contributed by atoms with Crippen molar-refractivity contribution in [1.82, 2.24) is 4.90 Å². The number of amidine groups is 1. The first-order valence-corrected chi connectivity index (χ1v) is 11.5. The third kappa shape index (κ3) is 5.04. The molecule has 0 aliphatic carbocycles. The molecule has 0 fully saturated rings. The van der Waals surface area contributed by atoms with Gasteiger partial charge in [0.25, 0.3) is 0 Å². The molecule has 5 nitrogen and oxygen atoms in total. The van der Waals surface area contributed by atoms with Crippen molar-refractivity contribution in [2.75, 3.05) is 33.5 Å². The van der Waals surface area contributed by atoms with Crippen molar-refractivity contribution < 1.29 is 14.6 Å². The summed E-state index contributed by atoms with van der Waals surface area (Å²) in [6.07, 6.45) is 0.657. The molecule has 4 rings (SSSR count). The molecule has 1 aliphatic heterocycles. The molecule has 1 unspecified atom stereocenters. The second-order valence-electron chi connectivity index (χ2n) is 7.59. The van der Waals surface area contributed by atoms with E-state index in [1.165, 1.54) is 5.56 Å². The third-order valence-electron chi connectivity index (χ3n) is 5.44. The lowest BCUT2D eigenvalue weighted by atomic mass is 9.92. The van der Waals surface area contributed by atoms with Gasteiger partial charge in [-0.2, -0.15) is 0 Å². The lowest BCUT2D eigenvalue weighted by Crippen LogP contribution is -2.39. The van der Waals surface area contributed by atoms with Crippen LogP contribution in [0.15, 0.2) is 82.3 Å². The summed E-state index contributed by atoms with van der Waals surface area (Å²) < 4.78 is 11.8. The molecule has 0 bridgehead atoms. The molecule has 0 amide bonds. The standard InChI is InChI=1S/C26H27BrN2O3/c1-31-16-17-32-22-11-8-20(9-12-22)26-28-24-13-10-21(27)18-23(24)25(29(26)14-5-15-30)19-6-3-2-4-7-19/h2-4,6-13,18,25,30H,5,14-17H2,1H3. The molecular weight excluding hydrogens is 468 g/mol. The van der Waals surface area contributed by atoms with Gasteiger partial charge in [-0.3, -0.25) is 0 Å². The van der Waals surface area contributed by atoms with Crippen LogP contribution >= 0.6 is 15.9 Å². The number of nitrogens with zero attached hydrogens (tertiary/aromatic N) is 2. The molecule has 0 radical (unpaired) electrons. The van der Waals surface area contributed by atoms with Gasteiger partial charge in [-0.15, -0.1) is 0 Å². The molecule has 3 aromatic carbocycles. The summed E-state index contributed by atoms with van der Waals surface area (Å²) >= 11 is 3.63. The molecule has 166 valence electrons. The number of fused-ring (bicyclic) bond motifs is 1. The maximum Gasteiger partial charge on any atom is 0.137 e. The van der Waals surface area contributed by atoms with Crippen molar-refractivity contribution in [3.63, 3.8) is 0 Å². The number of aliphatic hydroxyl groups excluding tert-OH is 1. The van der Waals surface area contributed by atoms with Crippen LogP contribution < -0.4 is 4.74 Å². The molecule has 0 aromatic heterocycles. The van der Waals surface area contributed by atoms with Gasteiger partial charge in [0.1, 0.15) is 18.2 Å². The Labute approximate surface area is 197 Å². The van der Waals surface area contributed by atoms with Crippen molar-refractivity contribution in [2.24, 2.45) is 4.99 Å². The van der Waals surface area contributed by atoms with E-state index in [4.69, 9.17) is 14.5 Å². The van der Waals surface area contributed by atoms with Crippen LogP contribution in [-0.4, -0.2) is 49.3 Å². The maximum absolute atomic E-state index is 9.59. The molecule has 0 spiro atoms. The SMILES string of the molecule is COCCOc1ccc(C2=Nc3ccc(Br)cc3C(c3ccccc3)N2CCCO)cc1. The first kappa shape index (κ1) is 22.5. The number of hydrogen-bond acceptors (Lipinski definition) is 5. The summed E-state index contributed by atoms with van der Waals surface area (Å²) in [6, 6.07) is 24.7. The summed E-state index contributed by atoms with van der Waals surface area (Å²) in [5.74, 6) is 1.69. The van der Waals surface area contributed by atoms with Crippen molar-refractivity contribution in [2.45, 2.75) is 12.5 Å². The lowest BCUT2D eigenvalue weighted by Gasteiger charge is -2.39. The molecule has 1 aliphatic rings. The molecule has 1 heterocycles. The Morgan fingerprint density at radius 2 is 1.78 bits per heavy atom. The van der Waals surface area contributed by atoms with E-state index in [9.17, 15) is 5.11 Å². The van der Waals surface area contributed by atoms with Crippen LogP contribution in [0.2, 0.25) is 0 Å². The Morgan fingerprint density at radius 1 is 1.00 bits per heavy atom. The van der Waals surface area contributed by atoms with Gasteiger partial charge in [0.2, 0.25) is 0 Å². The summed E-state index contributed by atoms with van der Waals surface area (Å²) in [6.45, 7) is 1.88. The minimum absolute atomic E-state index is 0.000351. The number of aliphatic imine (C=N–C) groups is 1. The fraction of sp³-hybridized carbons (Fsp3) is 0.269. The zero-order valence-corrected chi connectivity index (χ0v) is 19.7. The van der Waals surface area contributed by atoms with Gasteiger partial charge in [-0.1, -0.05) is 46.3 Å². The first-order valence-electron chi connectivity index (χ1n) is 10.7. The van der Waals surface area contributed by atoms with Crippen molar-refractivity contribution >= 4 is 27.5 Å². The van der Waals surface area contributed by atoms with E-state index in [0.29, 0.717) is 26.2 Å². The number of hydrogen-bond donors (Lipinski definition) is 1. The lowest BCUT2D eigenvalue weighted by molar-refractivity contribution is 0.146. The van der Waals surface area contributed by atoms with Gasteiger partial charge in [-0.25, -0.2) is 4.99 Å². The van der Waals surface area contributed by atoms with E-state index in [1.54, 1.807) is 7.11 Å². The van der Waals surface area contributed by atoms with Crippen LogP contribution in [0.5, 0.6) is 5.75 Å². The van der Waals surface area contributed by atoms with Crippen molar-refractivity contribution in [3.05, 3.63) is 94.0 Å². The minimum atomic E-state index is 0.000351. The summed E-state index contributed by atoms with van der Waals surface area (Å²) in [5, 5.41) is 9.59. The number of rotatable bonds is 9. The van der Waals surface area contributed by atoms with Gasteiger partial charge >= 0.3 is 0 Å². The highest BCUT2D eigenvalue weighted by Crippen LogP contribution is 2.41. The Balaban J connectivity index is 1.76. The van der Waals surface area contributed by atoms with Gasteiger partial charge in [-0.05, 0) is 54.4 Å². The summed E-state index contributed by atoms with van der Waals surface area (Å²) in [7, 11) is 1.66. The Morgan fingerprint density at radius 3 is 2.50 bits per heavy atom. The summed E-state index contributed by atoms with van der Waals surface area (Å²) in [5.41, 5.74) is 4.30. The van der Waals surface area contributed by atoms with Crippen LogP contribution in [0.25, 0.3) is 0 Å². The molecule has 1 N–H and O–H groups in total. The fourth-order valence-electron chi connectivity index (χ4n) is 3.96. The van der Waals surface area contributed by atoms with E-state index >= 15 is 0 Å². The molecule has 3 aromatic rings. The average Bonchev–Trinajstić information content (AvgIpc) is 2.83. The summed E-state index contributed by atoms with van der Waals surface area (Å²) in [4.78, 5) is 7.34. The van der Waals surface area contributed by atoms with E-state index in [-0.39, 0.29) is 12.6 Å². The first-order chi connectivity index (χ1) is 15.7. The van der Waals surface area contributed by atoms with E-state index < -0.39 is 0 Å². The zero-order chi connectivity index (χ0) is 22.3. The predicted octanol–water partition coefficient (Wildman–Crippen LogP) is 5.34. The molecule has 6 heteroatoms. The smallest absolute Gasteiger partial charge is 0.137 e. The topological polar surface area (TPSA) is 54.3 Å². The monoisotopic (exact) mass is 494 g/mol. The number of benzene rings is 3. The number of halogens is 1. The largest absolute Gasteiger partial charge is 0.491 e. The highest BCUT2D eigenvalue weighted by Gasteiger charge is 2.31. The number of methoxy groups -OCH3 is 1. The Hall–Kier alpha value is -2.67. The van der Waals surface area contributed by atoms with Gasteiger partial charge in [0.05, 0.1) is 18.3 Å². The van der Waals surface area contributed by atoms with Crippen LogP contribution in [0, 0.1) is 0 Å². The average molecular weight is 495 g/mol. The second-order valence-corrected chi connectivity index (χ2v) is 8.50. The molecule has 0 saturated heterocycles. The van der Waals surface area contributed by atoms with Gasteiger partial charge in [0.15, 0.2) is 0 Å². The highest BCUT2D eigenvalue weighted by molar-refractivity contribution is 9.10. The Bertz CT molecular complexity index is 1050. The second kappa shape index (κ2) is 10.8. The van der Waals surface area contributed by atoms with Gasteiger partial charge < -0.3 is 19.5 Å². The van der Waals surface area contributed by atoms with Crippen LogP contribution in [0.4, 0.5) is 5.69 Å². The van der Waals surface area contributed by atoms with E-state index in [2.05, 4.69) is 57.2 Å². The third-order valence-corrected chi connectivity index (χ3v) is 5.93. The predicted molar refractivity (Wildman–Crippen MR) is 131 cm³/mol. The molecule has 1 atom stereocenters. The van der Waals surface area contributed by atoms with E-state index in [1.807, 2.05) is 36.4 Å². The van der Waals surface area contributed by atoms with E-state index in [0.717, 1.165) is 32.9 Å². The maximum atomic E-state index is 9.59. The van der Waals surface area contributed by atoms with Crippen molar-refractivity contribution in [1.29, 1.82) is 0 Å². The van der Waals surface area contributed by atoms with Crippen LogP contribution in [0.1, 0.15) is 29.2 Å². The van der Waals surface area contributed by atoms with Crippen molar-refractivity contribution in [3.8, 4) is 5.75 Å². The van der Waals surface area contributed by atoms with Crippen LogP contribution in [-0.2, 0) is 4.74 Å². The quantitative estimate of drug-likeness (QED) is 0.408. The van der Waals surface area contributed by atoms with Crippen LogP contribution in [0.3, 0.4) is 0 Å². The minimum Gasteiger partial charge on any atom is -0.491 e. The Kier molecular flexibility index (Phi) is 7.58. The zero-order valence-electron chi connectivity index (χ0n) is 18.1. The highest BCUT2D eigenvalue weighted by atomic mass is 79.9. The normalized spacial score (nSPS) is 15.3. The van der Waals surface area contributed by atoms with Gasteiger partial charge in [0, 0.05) is 35.9 Å². The molecule has 0 saturated carbocycles. The molecule has 32 heavy (non-hydrogen) atoms. The number of ether oxygens (including phenoxy) is 2. The molecular formula is C26H27BrN2O3. The fourth-order valence-corrected chi connectivity index (χ4v) is 4.34.